The van der Waals surface area contributed by atoms with Crippen LogP contribution in [0.5, 0.6) is 0 Å². The lowest BCUT2D eigenvalue weighted by atomic mass is 10.2. The molecule has 1 aromatic carbocycles. The molecule has 0 aliphatic heterocycles. The first-order valence-electron chi connectivity index (χ1n) is 6.01. The highest BCUT2D eigenvalue weighted by molar-refractivity contribution is 6.32. The Morgan fingerprint density at radius 3 is 2.78 bits per heavy atom. The number of carbonyl (C=O) groups is 1. The van der Waals surface area contributed by atoms with E-state index in [0.29, 0.717) is 24.5 Å². The number of aliphatic hydroxyl groups is 1. The predicted octanol–water partition coefficient (Wildman–Crippen LogP) is 2.58. The first kappa shape index (κ1) is 14.7. The molecule has 0 atom stereocenters. The number of carbonyl (C=O) groups excluding carboxylic acids is 1. The van der Waals surface area contributed by atoms with Gasteiger partial charge >= 0.3 is 0 Å². The van der Waals surface area contributed by atoms with Crippen LogP contribution in [0.2, 0.25) is 5.02 Å². The molecule has 0 aliphatic carbocycles. The monoisotopic (exact) mass is 267 g/mol. The molecule has 1 N–H and O–H groups in total. The fourth-order valence-electron chi connectivity index (χ4n) is 1.56. The number of rotatable bonds is 6. The van der Waals surface area contributed by atoms with E-state index in [1.165, 1.54) is 6.08 Å². The van der Waals surface area contributed by atoms with Crippen LogP contribution in [0.4, 0.5) is 0 Å². The quantitative estimate of drug-likeness (QED) is 0.805. The summed E-state index contributed by atoms with van der Waals surface area (Å²) in [5.74, 6) is -0.0640. The Morgan fingerprint density at radius 2 is 2.17 bits per heavy atom. The van der Waals surface area contributed by atoms with Crippen LogP contribution in [0.25, 0.3) is 6.08 Å². The molecule has 0 radical (unpaired) electrons. The van der Waals surface area contributed by atoms with Gasteiger partial charge in [-0.25, -0.2) is 0 Å². The molecule has 0 unspecified atom stereocenters. The van der Waals surface area contributed by atoms with Crippen LogP contribution in [0.15, 0.2) is 30.3 Å². The minimum absolute atomic E-state index is 0.0640. The number of nitrogens with zero attached hydrogens (tertiary/aromatic N) is 1. The zero-order chi connectivity index (χ0) is 13.4. The molecule has 1 rings (SSSR count). The highest BCUT2D eigenvalue weighted by atomic mass is 35.5. The number of amides is 1. The topological polar surface area (TPSA) is 40.5 Å². The second kappa shape index (κ2) is 7.90. The van der Waals surface area contributed by atoms with Gasteiger partial charge in [-0.2, -0.15) is 0 Å². The van der Waals surface area contributed by atoms with E-state index in [0.717, 1.165) is 5.56 Å². The first-order chi connectivity index (χ1) is 8.69. The number of halogens is 1. The van der Waals surface area contributed by atoms with E-state index in [2.05, 4.69) is 0 Å². The van der Waals surface area contributed by atoms with E-state index >= 15 is 0 Å². The summed E-state index contributed by atoms with van der Waals surface area (Å²) in [5.41, 5.74) is 0.825. The number of benzene rings is 1. The van der Waals surface area contributed by atoms with Crippen molar-refractivity contribution >= 4 is 23.6 Å². The third kappa shape index (κ3) is 4.51. The van der Waals surface area contributed by atoms with Gasteiger partial charge < -0.3 is 10.0 Å². The van der Waals surface area contributed by atoms with E-state index < -0.39 is 0 Å². The van der Waals surface area contributed by atoms with Crippen molar-refractivity contribution in [1.82, 2.24) is 4.90 Å². The molecule has 3 nitrogen and oxygen atoms in total. The van der Waals surface area contributed by atoms with Gasteiger partial charge in [0, 0.05) is 30.8 Å². The van der Waals surface area contributed by atoms with Crippen molar-refractivity contribution in [2.24, 2.45) is 0 Å². The lowest BCUT2D eigenvalue weighted by Gasteiger charge is -2.18. The SMILES string of the molecule is CCN(CCCO)C(=O)/C=C/c1ccccc1Cl. The Bertz CT molecular complexity index is 418. The second-order valence-electron chi connectivity index (χ2n) is 3.85. The normalized spacial score (nSPS) is 10.8. The van der Waals surface area contributed by atoms with Crippen LogP contribution < -0.4 is 0 Å². The Labute approximate surface area is 113 Å². The molecule has 4 heteroatoms. The van der Waals surface area contributed by atoms with Crippen LogP contribution in [-0.4, -0.2) is 35.6 Å². The number of aliphatic hydroxyl groups excluding tert-OH is 1. The maximum absolute atomic E-state index is 11.9. The maximum atomic E-state index is 11.9. The molecule has 0 saturated heterocycles. The van der Waals surface area contributed by atoms with Crippen LogP contribution in [-0.2, 0) is 4.79 Å². The van der Waals surface area contributed by atoms with Crippen molar-refractivity contribution in [1.29, 1.82) is 0 Å². The highest BCUT2D eigenvalue weighted by Crippen LogP contribution is 2.16. The molecule has 0 heterocycles. The zero-order valence-corrected chi connectivity index (χ0v) is 11.2. The third-order valence-corrected chi connectivity index (χ3v) is 2.93. The summed E-state index contributed by atoms with van der Waals surface area (Å²) in [6, 6.07) is 7.37. The smallest absolute Gasteiger partial charge is 0.246 e. The summed E-state index contributed by atoms with van der Waals surface area (Å²) >= 11 is 6.00. The number of hydrogen-bond donors (Lipinski definition) is 1. The van der Waals surface area contributed by atoms with E-state index in [4.69, 9.17) is 16.7 Å². The minimum atomic E-state index is -0.0640. The third-order valence-electron chi connectivity index (χ3n) is 2.59. The zero-order valence-electron chi connectivity index (χ0n) is 10.5. The molecule has 0 aromatic heterocycles. The van der Waals surface area contributed by atoms with Crippen molar-refractivity contribution in [3.8, 4) is 0 Å². The fourth-order valence-corrected chi connectivity index (χ4v) is 1.76. The van der Waals surface area contributed by atoms with Crippen LogP contribution >= 0.6 is 11.6 Å². The van der Waals surface area contributed by atoms with E-state index in [-0.39, 0.29) is 12.5 Å². The minimum Gasteiger partial charge on any atom is -0.396 e. The average Bonchev–Trinajstić information content (AvgIpc) is 2.38. The van der Waals surface area contributed by atoms with Gasteiger partial charge in [0.1, 0.15) is 0 Å². The molecule has 1 amide bonds. The second-order valence-corrected chi connectivity index (χ2v) is 4.26. The van der Waals surface area contributed by atoms with Crippen molar-refractivity contribution < 1.29 is 9.90 Å². The van der Waals surface area contributed by atoms with E-state index in [1.807, 2.05) is 25.1 Å². The number of likely N-dealkylation sites (N-methyl/N-ethyl adjacent to an activating group) is 1. The van der Waals surface area contributed by atoms with Crippen LogP contribution in [0.1, 0.15) is 18.9 Å². The molecular formula is C14H18ClNO2. The summed E-state index contributed by atoms with van der Waals surface area (Å²) in [7, 11) is 0. The Hall–Kier alpha value is -1.32. The van der Waals surface area contributed by atoms with Crippen LogP contribution in [0.3, 0.4) is 0 Å². The van der Waals surface area contributed by atoms with Crippen LogP contribution in [0, 0.1) is 0 Å². The lowest BCUT2D eigenvalue weighted by molar-refractivity contribution is -0.125. The molecule has 98 valence electrons. The van der Waals surface area contributed by atoms with Crippen molar-refractivity contribution in [2.45, 2.75) is 13.3 Å². The standard InChI is InChI=1S/C14H18ClNO2/c1-2-16(10-5-11-17)14(18)9-8-12-6-3-4-7-13(12)15/h3-4,6-9,17H,2,5,10-11H2,1H3/b9-8+. The highest BCUT2D eigenvalue weighted by Gasteiger charge is 2.07. The van der Waals surface area contributed by atoms with Gasteiger partial charge in [-0.15, -0.1) is 0 Å². The summed E-state index contributed by atoms with van der Waals surface area (Å²) < 4.78 is 0. The van der Waals surface area contributed by atoms with Gasteiger partial charge in [-0.3, -0.25) is 4.79 Å². The van der Waals surface area contributed by atoms with Crippen molar-refractivity contribution in [3.05, 3.63) is 40.9 Å². The van der Waals surface area contributed by atoms with E-state index in [1.54, 1.807) is 17.0 Å². The maximum Gasteiger partial charge on any atom is 0.246 e. The molecule has 1 aromatic rings. The summed E-state index contributed by atoms with van der Waals surface area (Å²) in [6.45, 7) is 3.21. The van der Waals surface area contributed by atoms with Gasteiger partial charge in [0.15, 0.2) is 0 Å². The molecule has 18 heavy (non-hydrogen) atoms. The van der Waals surface area contributed by atoms with E-state index in [9.17, 15) is 4.79 Å². The largest absolute Gasteiger partial charge is 0.396 e. The lowest BCUT2D eigenvalue weighted by Crippen LogP contribution is -2.30. The Morgan fingerprint density at radius 1 is 1.44 bits per heavy atom. The molecule has 0 fully saturated rings. The van der Waals surface area contributed by atoms with Gasteiger partial charge in [0.05, 0.1) is 0 Å². The summed E-state index contributed by atoms with van der Waals surface area (Å²) in [4.78, 5) is 13.6. The van der Waals surface area contributed by atoms with Crippen molar-refractivity contribution in [2.75, 3.05) is 19.7 Å². The molecule has 0 spiro atoms. The molecule has 0 aliphatic rings. The van der Waals surface area contributed by atoms with Gasteiger partial charge in [-0.1, -0.05) is 29.8 Å². The Balaban J connectivity index is 2.65. The van der Waals surface area contributed by atoms with Gasteiger partial charge in [-0.05, 0) is 31.1 Å². The average molecular weight is 268 g/mol. The molecular weight excluding hydrogens is 250 g/mol. The number of hydrogen-bond acceptors (Lipinski definition) is 2. The Kier molecular flexibility index (Phi) is 6.47. The van der Waals surface area contributed by atoms with Crippen molar-refractivity contribution in [3.63, 3.8) is 0 Å². The predicted molar refractivity (Wildman–Crippen MR) is 74.4 cm³/mol. The first-order valence-corrected chi connectivity index (χ1v) is 6.39. The summed E-state index contributed by atoms with van der Waals surface area (Å²) in [5, 5.41) is 9.39. The molecule has 0 saturated carbocycles. The fraction of sp³-hybridized carbons (Fsp3) is 0.357. The summed E-state index contributed by atoms with van der Waals surface area (Å²) in [6.07, 6.45) is 3.83. The van der Waals surface area contributed by atoms with Gasteiger partial charge in [0.2, 0.25) is 5.91 Å². The van der Waals surface area contributed by atoms with Gasteiger partial charge in [0.25, 0.3) is 0 Å². The molecule has 0 bridgehead atoms.